The summed E-state index contributed by atoms with van der Waals surface area (Å²) in [5.74, 6) is 0. The van der Waals surface area contributed by atoms with Crippen molar-refractivity contribution in [2.24, 2.45) is 0 Å². The molecule has 0 saturated carbocycles. The van der Waals surface area contributed by atoms with Gasteiger partial charge in [-0.2, -0.15) is 0 Å². The van der Waals surface area contributed by atoms with Gasteiger partial charge in [-0.05, 0) is 6.07 Å². The Balaban J connectivity index is 2.50. The Morgan fingerprint density at radius 1 is 1.50 bits per heavy atom. The highest BCUT2D eigenvalue weighted by Gasteiger charge is 2.44. The Labute approximate surface area is 119 Å². The summed E-state index contributed by atoms with van der Waals surface area (Å²) < 4.78 is 6.79. The summed E-state index contributed by atoms with van der Waals surface area (Å²) in [5.41, 5.74) is -0.0484. The quantitative estimate of drug-likeness (QED) is 0.430. The van der Waals surface area contributed by atoms with E-state index in [0.29, 0.717) is 12.1 Å². The lowest BCUT2D eigenvalue weighted by Gasteiger charge is -2.20. The first-order valence-corrected chi connectivity index (χ1v) is 6.48. The fourth-order valence-corrected chi connectivity index (χ4v) is 2.45. The van der Waals surface area contributed by atoms with Gasteiger partial charge in [0.15, 0.2) is 6.23 Å². The summed E-state index contributed by atoms with van der Waals surface area (Å²) in [6, 6.07) is 1.56. The molecule has 0 aliphatic carbocycles. The van der Waals surface area contributed by atoms with Crippen molar-refractivity contribution in [2.45, 2.75) is 31.0 Å². The van der Waals surface area contributed by atoms with E-state index in [1.807, 2.05) is 0 Å². The van der Waals surface area contributed by atoms with Crippen LogP contribution in [0.15, 0.2) is 23.5 Å². The summed E-state index contributed by atoms with van der Waals surface area (Å²) in [6.45, 7) is 3.14. The van der Waals surface area contributed by atoms with Crippen LogP contribution >= 0.6 is 12.2 Å². The molecule has 1 aliphatic heterocycles. The Hall–Kier alpha value is -1.32. The molecule has 0 aromatic carbocycles. The summed E-state index contributed by atoms with van der Waals surface area (Å²) >= 11 is 4.94. The molecule has 2 rings (SSSR count). The number of aromatic nitrogens is 2. The zero-order valence-corrected chi connectivity index (χ0v) is 11.4. The molecule has 1 aromatic rings. The van der Waals surface area contributed by atoms with E-state index in [1.54, 1.807) is 12.1 Å². The van der Waals surface area contributed by atoms with Gasteiger partial charge in [-0.3, -0.25) is 9.55 Å². The average molecular weight is 300 g/mol. The van der Waals surface area contributed by atoms with Crippen LogP contribution in [0.5, 0.6) is 0 Å². The number of allylic oxidation sites excluding steroid dienone is 1. The molecule has 20 heavy (non-hydrogen) atoms. The van der Waals surface area contributed by atoms with Crippen LogP contribution in [-0.2, 0) is 11.2 Å². The summed E-state index contributed by atoms with van der Waals surface area (Å²) in [4.78, 5) is 14.5. The molecular formula is C12H16N2O5S. The monoisotopic (exact) mass is 300 g/mol. The number of hydrogen-bond donors (Lipinski definition) is 4. The van der Waals surface area contributed by atoms with E-state index in [-0.39, 0.29) is 4.64 Å². The van der Waals surface area contributed by atoms with Crippen LogP contribution in [0.4, 0.5) is 0 Å². The minimum atomic E-state index is -1.32. The molecule has 110 valence electrons. The first kappa shape index (κ1) is 15.1. The highest BCUT2D eigenvalue weighted by Crippen LogP contribution is 2.29. The van der Waals surface area contributed by atoms with Gasteiger partial charge in [-0.15, -0.1) is 6.58 Å². The van der Waals surface area contributed by atoms with Gasteiger partial charge in [0.25, 0.3) is 0 Å². The maximum Gasteiger partial charge on any atom is 0.328 e. The second-order valence-corrected chi connectivity index (χ2v) is 4.96. The highest BCUT2D eigenvalue weighted by molar-refractivity contribution is 7.71. The van der Waals surface area contributed by atoms with Gasteiger partial charge in [0.2, 0.25) is 0 Å². The summed E-state index contributed by atoms with van der Waals surface area (Å²) in [6.07, 6.45) is -2.69. The number of nitrogens with one attached hydrogen (secondary N) is 1. The molecule has 8 heteroatoms. The SMILES string of the molecule is C=CCc1cc(=S)[nH]c(=O)n1[C@H]1O[C@@H](CO)C(O)C1O. The lowest BCUT2D eigenvalue weighted by molar-refractivity contribution is -0.0561. The standard InChI is InChI=1S/C12H16N2O5S/c1-2-3-6-4-8(20)13-12(18)14(6)11-10(17)9(16)7(5-15)19-11/h2,4,7,9-11,15-17H,1,3,5H2,(H,13,18,20)/t7-,9?,10?,11-/m0/s1. The van der Waals surface area contributed by atoms with Crippen molar-refractivity contribution in [3.63, 3.8) is 0 Å². The Morgan fingerprint density at radius 3 is 2.75 bits per heavy atom. The maximum atomic E-state index is 12.0. The van der Waals surface area contributed by atoms with E-state index in [4.69, 9.17) is 22.1 Å². The molecule has 0 spiro atoms. The first-order chi connectivity index (χ1) is 9.49. The Bertz CT molecular complexity index is 611. The molecule has 4 N–H and O–H groups in total. The minimum Gasteiger partial charge on any atom is -0.394 e. The van der Waals surface area contributed by atoms with Crippen molar-refractivity contribution in [2.75, 3.05) is 6.61 Å². The molecular weight excluding hydrogens is 284 g/mol. The van der Waals surface area contributed by atoms with Gasteiger partial charge in [0.1, 0.15) is 23.0 Å². The number of aromatic amines is 1. The van der Waals surface area contributed by atoms with Crippen molar-refractivity contribution in [1.29, 1.82) is 0 Å². The number of ether oxygens (including phenoxy) is 1. The van der Waals surface area contributed by atoms with E-state index in [2.05, 4.69) is 11.6 Å². The lowest BCUT2D eigenvalue weighted by atomic mass is 10.1. The Morgan fingerprint density at radius 2 is 2.20 bits per heavy atom. The second-order valence-electron chi connectivity index (χ2n) is 4.52. The van der Waals surface area contributed by atoms with Gasteiger partial charge in [-0.1, -0.05) is 18.3 Å². The van der Waals surface area contributed by atoms with Crippen molar-refractivity contribution in [3.8, 4) is 0 Å². The number of H-pyrrole nitrogens is 1. The van der Waals surface area contributed by atoms with E-state index >= 15 is 0 Å². The number of nitrogens with zero attached hydrogens (tertiary/aromatic N) is 1. The molecule has 2 unspecified atom stereocenters. The lowest BCUT2D eigenvalue weighted by Crippen LogP contribution is -2.37. The van der Waals surface area contributed by atoms with Crippen molar-refractivity contribution in [1.82, 2.24) is 9.55 Å². The number of aliphatic hydroxyl groups is 3. The first-order valence-electron chi connectivity index (χ1n) is 6.07. The molecule has 1 aliphatic rings. The number of hydrogen-bond acceptors (Lipinski definition) is 6. The molecule has 1 fully saturated rings. The maximum absolute atomic E-state index is 12.0. The van der Waals surface area contributed by atoms with Crippen LogP contribution in [0.25, 0.3) is 0 Å². The minimum absolute atomic E-state index is 0.259. The van der Waals surface area contributed by atoms with E-state index in [9.17, 15) is 15.0 Å². The van der Waals surface area contributed by atoms with Crippen molar-refractivity contribution < 1.29 is 20.1 Å². The molecule has 4 atom stereocenters. The predicted molar refractivity (Wildman–Crippen MR) is 72.8 cm³/mol. The van der Waals surface area contributed by atoms with Gasteiger partial charge in [0, 0.05) is 12.1 Å². The molecule has 0 bridgehead atoms. The third kappa shape index (κ3) is 2.60. The smallest absolute Gasteiger partial charge is 0.328 e. The molecule has 7 nitrogen and oxygen atoms in total. The second kappa shape index (κ2) is 5.98. The molecule has 0 radical (unpaired) electrons. The predicted octanol–water partition coefficient (Wildman–Crippen LogP) is -0.754. The molecule has 0 amide bonds. The fraction of sp³-hybridized carbons (Fsp3) is 0.500. The number of rotatable bonds is 4. The van der Waals surface area contributed by atoms with Gasteiger partial charge in [-0.25, -0.2) is 4.79 Å². The van der Waals surface area contributed by atoms with Crippen molar-refractivity contribution in [3.05, 3.63) is 39.5 Å². The summed E-state index contributed by atoms with van der Waals surface area (Å²) in [7, 11) is 0. The normalized spacial score (nSPS) is 29.6. The topological polar surface area (TPSA) is 108 Å². The van der Waals surface area contributed by atoms with Gasteiger partial charge >= 0.3 is 5.69 Å². The highest BCUT2D eigenvalue weighted by atomic mass is 32.1. The molecule has 2 heterocycles. The van der Waals surface area contributed by atoms with Crippen LogP contribution in [-0.4, -0.2) is 49.8 Å². The average Bonchev–Trinajstić information content (AvgIpc) is 2.66. The van der Waals surface area contributed by atoms with Gasteiger partial charge in [0.05, 0.1) is 6.61 Å². The Kier molecular flexibility index (Phi) is 4.51. The van der Waals surface area contributed by atoms with E-state index in [0.717, 1.165) is 0 Å². The zero-order chi connectivity index (χ0) is 14.9. The molecule has 1 saturated heterocycles. The number of aliphatic hydroxyl groups excluding tert-OH is 3. The van der Waals surface area contributed by atoms with Crippen LogP contribution in [0.2, 0.25) is 0 Å². The van der Waals surface area contributed by atoms with Crippen LogP contribution in [0, 0.1) is 4.64 Å². The van der Waals surface area contributed by atoms with E-state index < -0.39 is 36.8 Å². The summed E-state index contributed by atoms with van der Waals surface area (Å²) in [5, 5.41) is 28.8. The van der Waals surface area contributed by atoms with Crippen LogP contribution in [0.1, 0.15) is 11.9 Å². The van der Waals surface area contributed by atoms with Crippen LogP contribution in [0.3, 0.4) is 0 Å². The fourth-order valence-electron chi connectivity index (χ4n) is 2.23. The largest absolute Gasteiger partial charge is 0.394 e. The van der Waals surface area contributed by atoms with Crippen LogP contribution < -0.4 is 5.69 Å². The van der Waals surface area contributed by atoms with Gasteiger partial charge < -0.3 is 20.1 Å². The van der Waals surface area contributed by atoms with E-state index in [1.165, 1.54) is 4.57 Å². The zero-order valence-electron chi connectivity index (χ0n) is 10.6. The molecule has 1 aromatic heterocycles. The third-order valence-corrected chi connectivity index (χ3v) is 3.40. The van der Waals surface area contributed by atoms with Crippen molar-refractivity contribution >= 4 is 12.2 Å². The third-order valence-electron chi connectivity index (χ3n) is 3.18.